The number of carbonyl (C=O) groups is 2. The number of benzene rings is 1. The van der Waals surface area contributed by atoms with Gasteiger partial charge in [0, 0.05) is 23.3 Å². The van der Waals surface area contributed by atoms with E-state index in [-0.39, 0.29) is 17.7 Å². The molecule has 1 aromatic carbocycles. The summed E-state index contributed by atoms with van der Waals surface area (Å²) in [5.41, 5.74) is -0.584. The molecule has 5 nitrogen and oxygen atoms in total. The van der Waals surface area contributed by atoms with Gasteiger partial charge in [0.25, 0.3) is 5.91 Å². The maximum absolute atomic E-state index is 13.2. The first-order chi connectivity index (χ1) is 12.6. The lowest BCUT2D eigenvalue weighted by Crippen LogP contribution is -2.70. The van der Waals surface area contributed by atoms with Gasteiger partial charge >= 0.3 is 5.97 Å². The largest absolute Gasteiger partial charge is 0.479 e. The third kappa shape index (κ3) is 2.12. The molecule has 2 N–H and O–H groups in total. The molecule has 0 unspecified atom stereocenters. The lowest BCUT2D eigenvalue weighted by Gasteiger charge is -2.59. The molecular weight excluding hydrogens is 328 g/mol. The number of aliphatic carboxylic acids is 1. The maximum atomic E-state index is 13.2. The highest BCUT2D eigenvalue weighted by Gasteiger charge is 2.62. The molecule has 4 fully saturated rings. The molecule has 4 aliphatic rings. The number of pyridine rings is 1. The molecule has 4 saturated carbocycles. The predicted octanol–water partition coefficient (Wildman–Crippen LogP) is 3.24. The first kappa shape index (κ1) is 15.8. The lowest BCUT2D eigenvalue weighted by molar-refractivity contribution is -0.163. The molecule has 0 saturated heterocycles. The summed E-state index contributed by atoms with van der Waals surface area (Å²) in [5.74, 6) is 0.253. The van der Waals surface area contributed by atoms with Gasteiger partial charge in [-0.25, -0.2) is 4.79 Å². The molecule has 0 radical (unpaired) electrons. The number of nitrogens with one attached hydrogen (secondary N) is 1. The fourth-order valence-corrected chi connectivity index (χ4v) is 6.11. The molecule has 0 spiro atoms. The first-order valence-corrected chi connectivity index (χ1v) is 9.46. The van der Waals surface area contributed by atoms with Gasteiger partial charge in [0.15, 0.2) is 0 Å². The minimum atomic E-state index is -1.11. The normalized spacial score (nSPS) is 34.8. The van der Waals surface area contributed by atoms with Crippen LogP contribution in [0.3, 0.4) is 0 Å². The number of hydrogen-bond acceptors (Lipinski definition) is 3. The van der Waals surface area contributed by atoms with Crippen LogP contribution in [0.25, 0.3) is 10.8 Å². The summed E-state index contributed by atoms with van der Waals surface area (Å²) in [6.07, 6.45) is 8.35. The second-order valence-corrected chi connectivity index (χ2v) is 8.34. The molecule has 4 bridgehead atoms. The van der Waals surface area contributed by atoms with Crippen molar-refractivity contribution in [3.8, 4) is 0 Å². The number of nitrogens with zero attached hydrogens (tertiary/aromatic N) is 1. The van der Waals surface area contributed by atoms with Crippen LogP contribution in [0.4, 0.5) is 0 Å². The van der Waals surface area contributed by atoms with Gasteiger partial charge in [0.05, 0.1) is 0 Å². The Labute approximate surface area is 151 Å². The van der Waals surface area contributed by atoms with Crippen LogP contribution >= 0.6 is 0 Å². The molecule has 134 valence electrons. The lowest BCUT2D eigenvalue weighted by atomic mass is 9.48. The fraction of sp³-hybridized carbons (Fsp3) is 0.476. The number of aromatic nitrogens is 1. The second-order valence-electron chi connectivity index (χ2n) is 8.34. The third-order valence-corrected chi connectivity index (χ3v) is 7.03. The van der Waals surface area contributed by atoms with Crippen LogP contribution in [0.1, 0.15) is 42.5 Å². The summed E-state index contributed by atoms with van der Waals surface area (Å²) in [4.78, 5) is 29.7. The maximum Gasteiger partial charge on any atom is 0.330 e. The predicted molar refractivity (Wildman–Crippen MR) is 96.6 cm³/mol. The van der Waals surface area contributed by atoms with Crippen LogP contribution < -0.4 is 5.32 Å². The Morgan fingerprint density at radius 2 is 1.73 bits per heavy atom. The van der Waals surface area contributed by atoms with Crippen molar-refractivity contribution in [2.24, 2.45) is 23.7 Å². The van der Waals surface area contributed by atoms with E-state index < -0.39 is 11.5 Å². The van der Waals surface area contributed by atoms with E-state index in [1.54, 1.807) is 18.5 Å². The number of rotatable bonds is 3. The van der Waals surface area contributed by atoms with Crippen LogP contribution in [0.15, 0.2) is 36.7 Å². The summed E-state index contributed by atoms with van der Waals surface area (Å²) < 4.78 is 0. The van der Waals surface area contributed by atoms with E-state index in [2.05, 4.69) is 10.3 Å². The van der Waals surface area contributed by atoms with E-state index in [0.717, 1.165) is 36.5 Å². The van der Waals surface area contributed by atoms with Crippen molar-refractivity contribution in [1.82, 2.24) is 10.3 Å². The molecule has 5 heteroatoms. The first-order valence-electron chi connectivity index (χ1n) is 9.46. The molecule has 1 heterocycles. The van der Waals surface area contributed by atoms with Crippen molar-refractivity contribution >= 4 is 22.6 Å². The van der Waals surface area contributed by atoms with Gasteiger partial charge in [-0.3, -0.25) is 9.78 Å². The fourth-order valence-electron chi connectivity index (χ4n) is 6.11. The highest BCUT2D eigenvalue weighted by atomic mass is 16.4. The van der Waals surface area contributed by atoms with Gasteiger partial charge in [0.1, 0.15) is 5.54 Å². The Kier molecular flexibility index (Phi) is 3.36. The number of fused-ring (bicyclic) bond motifs is 1. The molecule has 2 aromatic rings. The SMILES string of the molecule is O=C(NC1(C(=O)O)C2CC3CC(C2)CC1C3)c1cccc2cnccc12. The topological polar surface area (TPSA) is 79.3 Å². The number of carboxylic acid groups (broad SMARTS) is 1. The Bertz CT molecular complexity index is 874. The highest BCUT2D eigenvalue weighted by molar-refractivity contribution is 6.08. The van der Waals surface area contributed by atoms with E-state index in [1.807, 2.05) is 18.2 Å². The average molecular weight is 350 g/mol. The van der Waals surface area contributed by atoms with E-state index >= 15 is 0 Å². The van der Waals surface area contributed by atoms with Crippen molar-refractivity contribution in [3.05, 3.63) is 42.2 Å². The van der Waals surface area contributed by atoms with E-state index in [4.69, 9.17) is 0 Å². The van der Waals surface area contributed by atoms with Crippen molar-refractivity contribution in [3.63, 3.8) is 0 Å². The van der Waals surface area contributed by atoms with E-state index in [0.29, 0.717) is 17.4 Å². The minimum absolute atomic E-state index is 0.0526. The van der Waals surface area contributed by atoms with Crippen LogP contribution in [0, 0.1) is 23.7 Å². The van der Waals surface area contributed by atoms with Crippen LogP contribution in [-0.2, 0) is 4.79 Å². The summed E-state index contributed by atoms with van der Waals surface area (Å²) in [7, 11) is 0. The van der Waals surface area contributed by atoms with E-state index in [1.165, 1.54) is 6.42 Å². The molecule has 1 amide bonds. The zero-order chi connectivity index (χ0) is 17.9. The van der Waals surface area contributed by atoms with Gasteiger partial charge < -0.3 is 10.4 Å². The van der Waals surface area contributed by atoms with Gasteiger partial charge in [-0.15, -0.1) is 0 Å². The van der Waals surface area contributed by atoms with Gasteiger partial charge in [-0.2, -0.15) is 0 Å². The van der Waals surface area contributed by atoms with Crippen molar-refractivity contribution in [2.45, 2.75) is 37.6 Å². The molecule has 1 aromatic heterocycles. The Balaban J connectivity index is 1.54. The minimum Gasteiger partial charge on any atom is -0.479 e. The Morgan fingerprint density at radius 1 is 1.04 bits per heavy atom. The smallest absolute Gasteiger partial charge is 0.330 e. The van der Waals surface area contributed by atoms with Crippen LogP contribution in [-0.4, -0.2) is 27.5 Å². The van der Waals surface area contributed by atoms with Crippen molar-refractivity contribution < 1.29 is 14.7 Å². The number of hydrogen-bond donors (Lipinski definition) is 2. The van der Waals surface area contributed by atoms with Gasteiger partial charge in [-0.1, -0.05) is 12.1 Å². The van der Waals surface area contributed by atoms with Crippen molar-refractivity contribution in [1.29, 1.82) is 0 Å². The molecule has 0 aliphatic heterocycles. The molecular formula is C21H22N2O3. The zero-order valence-corrected chi connectivity index (χ0v) is 14.5. The quantitative estimate of drug-likeness (QED) is 0.891. The summed E-state index contributed by atoms with van der Waals surface area (Å²) in [5, 5.41) is 14.9. The Morgan fingerprint density at radius 3 is 2.38 bits per heavy atom. The highest BCUT2D eigenvalue weighted by Crippen LogP contribution is 2.58. The summed E-state index contributed by atoms with van der Waals surface area (Å²) in [6.45, 7) is 0. The molecule has 0 atom stereocenters. The standard InChI is InChI=1S/C21H22N2O3/c24-19(18-3-1-2-14-11-22-5-4-17(14)18)23-21(20(25)26)15-7-12-6-13(9-15)10-16(21)8-12/h1-5,11-13,15-16H,6-10H2,(H,23,24)(H,25,26). The van der Waals surface area contributed by atoms with Crippen LogP contribution in [0.5, 0.6) is 0 Å². The second kappa shape index (κ2) is 5.53. The Hall–Kier alpha value is -2.43. The average Bonchev–Trinajstić information content (AvgIpc) is 2.63. The molecule has 6 rings (SSSR count). The zero-order valence-electron chi connectivity index (χ0n) is 14.5. The third-order valence-electron chi connectivity index (χ3n) is 7.03. The number of carbonyl (C=O) groups excluding carboxylic acids is 1. The van der Waals surface area contributed by atoms with Crippen LogP contribution in [0.2, 0.25) is 0 Å². The van der Waals surface area contributed by atoms with E-state index in [9.17, 15) is 14.7 Å². The van der Waals surface area contributed by atoms with Gasteiger partial charge in [0.2, 0.25) is 0 Å². The number of carboxylic acids is 1. The summed E-state index contributed by atoms with van der Waals surface area (Å²) >= 11 is 0. The monoisotopic (exact) mass is 350 g/mol. The molecule has 4 aliphatic carbocycles. The molecule has 26 heavy (non-hydrogen) atoms. The number of amides is 1. The van der Waals surface area contributed by atoms with Crippen molar-refractivity contribution in [2.75, 3.05) is 0 Å². The van der Waals surface area contributed by atoms with Gasteiger partial charge in [-0.05, 0) is 73.3 Å². The summed E-state index contributed by atoms with van der Waals surface area (Å²) in [6, 6.07) is 7.32.